The molecule has 74 valence electrons. The van der Waals surface area contributed by atoms with Crippen molar-refractivity contribution in [3.63, 3.8) is 0 Å². The van der Waals surface area contributed by atoms with Gasteiger partial charge in [0.25, 0.3) is 0 Å². The van der Waals surface area contributed by atoms with Gasteiger partial charge >= 0.3 is 0 Å². The summed E-state index contributed by atoms with van der Waals surface area (Å²) in [6.07, 6.45) is 0. The van der Waals surface area contributed by atoms with E-state index in [1.807, 2.05) is 27.7 Å². The first-order valence-electron chi connectivity index (χ1n) is 4.69. The summed E-state index contributed by atoms with van der Waals surface area (Å²) in [5.74, 6) is 6.49. The molecular formula is C12H15NO. The van der Waals surface area contributed by atoms with Crippen molar-refractivity contribution in [2.24, 2.45) is 5.92 Å². The number of aryl methyl sites for hydroxylation is 1. The molecule has 14 heavy (non-hydrogen) atoms. The average Bonchev–Trinajstić information content (AvgIpc) is 2.08. The van der Waals surface area contributed by atoms with E-state index in [0.717, 1.165) is 16.8 Å². The minimum Gasteiger partial charge on any atom is -0.493 e. The maximum Gasteiger partial charge on any atom is 0.212 e. The van der Waals surface area contributed by atoms with Crippen LogP contribution in [-0.2, 0) is 0 Å². The topological polar surface area (TPSA) is 33.1 Å². The Hall–Kier alpha value is -1.49. The molecule has 2 heteroatoms. The van der Waals surface area contributed by atoms with E-state index < -0.39 is 0 Å². The van der Waals surface area contributed by atoms with Crippen molar-refractivity contribution in [2.75, 3.05) is 0 Å². The average molecular weight is 189 g/mol. The van der Waals surface area contributed by atoms with E-state index in [2.05, 4.69) is 16.8 Å². The van der Waals surface area contributed by atoms with E-state index >= 15 is 0 Å². The van der Waals surface area contributed by atoms with Crippen molar-refractivity contribution in [1.29, 1.82) is 0 Å². The molecule has 0 unspecified atom stereocenters. The molecule has 0 amide bonds. The molecule has 0 fully saturated rings. The highest BCUT2D eigenvalue weighted by atomic mass is 16.3. The summed E-state index contributed by atoms with van der Waals surface area (Å²) in [6, 6.07) is 1.61. The molecule has 0 saturated heterocycles. The maximum atomic E-state index is 9.30. The Kier molecular flexibility index (Phi) is 3.14. The van der Waals surface area contributed by atoms with Crippen molar-refractivity contribution in [3.05, 3.63) is 22.9 Å². The molecule has 0 aliphatic carbocycles. The third-order valence-electron chi connectivity index (χ3n) is 2.00. The summed E-state index contributed by atoms with van der Waals surface area (Å²) < 4.78 is 0. The number of pyridine rings is 1. The Morgan fingerprint density at radius 2 is 2.00 bits per heavy atom. The van der Waals surface area contributed by atoms with Gasteiger partial charge in [-0.15, -0.1) is 0 Å². The summed E-state index contributed by atoms with van der Waals surface area (Å²) >= 11 is 0. The highest BCUT2D eigenvalue weighted by Crippen LogP contribution is 2.15. The van der Waals surface area contributed by atoms with Crippen LogP contribution in [0.1, 0.15) is 30.7 Å². The van der Waals surface area contributed by atoms with Crippen LogP contribution >= 0.6 is 0 Å². The third-order valence-corrected chi connectivity index (χ3v) is 2.00. The predicted molar refractivity (Wildman–Crippen MR) is 57.1 cm³/mol. The number of hydrogen-bond donors (Lipinski definition) is 1. The molecule has 0 aliphatic heterocycles. The van der Waals surface area contributed by atoms with Crippen LogP contribution in [0.25, 0.3) is 0 Å². The molecule has 2 nitrogen and oxygen atoms in total. The van der Waals surface area contributed by atoms with Gasteiger partial charge in [0.1, 0.15) is 0 Å². The first kappa shape index (κ1) is 10.6. The van der Waals surface area contributed by atoms with Gasteiger partial charge in [-0.3, -0.25) is 0 Å². The highest BCUT2D eigenvalue weighted by Gasteiger charge is 2.02. The second-order valence-electron chi connectivity index (χ2n) is 3.66. The van der Waals surface area contributed by atoms with Gasteiger partial charge in [-0.2, -0.15) is 0 Å². The minimum absolute atomic E-state index is 0.0427. The lowest BCUT2D eigenvalue weighted by molar-refractivity contribution is 0.451. The standard InChI is InChI=1S/C12H15NO/c1-8(2)5-6-11-7-12(14)13-10(4)9(11)3/h7-8H,1-4H3,(H,13,14). The summed E-state index contributed by atoms with van der Waals surface area (Å²) in [6.45, 7) is 7.91. The van der Waals surface area contributed by atoms with E-state index in [-0.39, 0.29) is 5.88 Å². The number of aromatic nitrogens is 1. The number of rotatable bonds is 0. The van der Waals surface area contributed by atoms with E-state index in [1.165, 1.54) is 0 Å². The Balaban J connectivity index is 3.17. The summed E-state index contributed by atoms with van der Waals surface area (Å²) in [7, 11) is 0. The van der Waals surface area contributed by atoms with Crippen LogP contribution in [0.2, 0.25) is 0 Å². The molecule has 1 aromatic heterocycles. The predicted octanol–water partition coefficient (Wildman–Crippen LogP) is 2.41. The Morgan fingerprint density at radius 3 is 2.57 bits per heavy atom. The monoisotopic (exact) mass is 189 g/mol. The Bertz CT molecular complexity index is 397. The SMILES string of the molecule is Cc1nc(O)cc(C#CC(C)C)c1C. The molecule has 1 rings (SSSR count). The Labute approximate surface area is 85.0 Å². The van der Waals surface area contributed by atoms with Crippen LogP contribution < -0.4 is 0 Å². The maximum absolute atomic E-state index is 9.30. The van der Waals surface area contributed by atoms with Gasteiger partial charge in [0.15, 0.2) is 0 Å². The molecule has 0 saturated carbocycles. The van der Waals surface area contributed by atoms with Gasteiger partial charge in [0.2, 0.25) is 5.88 Å². The van der Waals surface area contributed by atoms with E-state index in [9.17, 15) is 5.11 Å². The molecule has 1 heterocycles. The van der Waals surface area contributed by atoms with Gasteiger partial charge in [0, 0.05) is 23.2 Å². The summed E-state index contributed by atoms with van der Waals surface area (Å²) in [5, 5.41) is 9.30. The second kappa shape index (κ2) is 4.15. The van der Waals surface area contributed by atoms with E-state index in [0.29, 0.717) is 5.92 Å². The largest absolute Gasteiger partial charge is 0.493 e. The van der Waals surface area contributed by atoms with Crippen LogP contribution in [0.5, 0.6) is 5.88 Å². The zero-order chi connectivity index (χ0) is 10.7. The van der Waals surface area contributed by atoms with E-state index in [1.54, 1.807) is 6.07 Å². The molecule has 0 radical (unpaired) electrons. The second-order valence-corrected chi connectivity index (χ2v) is 3.66. The zero-order valence-corrected chi connectivity index (χ0v) is 9.05. The molecule has 0 spiro atoms. The van der Waals surface area contributed by atoms with Gasteiger partial charge < -0.3 is 5.11 Å². The minimum atomic E-state index is 0.0427. The van der Waals surface area contributed by atoms with Crippen LogP contribution in [0, 0.1) is 31.6 Å². The molecular weight excluding hydrogens is 174 g/mol. The van der Waals surface area contributed by atoms with Gasteiger partial charge in [-0.1, -0.05) is 25.7 Å². The van der Waals surface area contributed by atoms with Crippen molar-refractivity contribution in [3.8, 4) is 17.7 Å². The molecule has 0 atom stereocenters. The normalized spacial score (nSPS) is 9.79. The quantitative estimate of drug-likeness (QED) is 0.636. The van der Waals surface area contributed by atoms with Crippen molar-refractivity contribution < 1.29 is 5.11 Å². The molecule has 0 bridgehead atoms. The van der Waals surface area contributed by atoms with Crippen molar-refractivity contribution >= 4 is 0 Å². The lowest BCUT2D eigenvalue weighted by atomic mass is 10.1. The first-order chi connectivity index (χ1) is 6.50. The smallest absolute Gasteiger partial charge is 0.212 e. The highest BCUT2D eigenvalue weighted by molar-refractivity contribution is 5.44. The molecule has 0 aliphatic rings. The van der Waals surface area contributed by atoms with Crippen LogP contribution in [0.4, 0.5) is 0 Å². The van der Waals surface area contributed by atoms with Crippen molar-refractivity contribution in [2.45, 2.75) is 27.7 Å². The summed E-state index contributed by atoms with van der Waals surface area (Å²) in [5.41, 5.74) is 2.73. The van der Waals surface area contributed by atoms with Crippen LogP contribution in [-0.4, -0.2) is 10.1 Å². The van der Waals surface area contributed by atoms with Crippen LogP contribution in [0.3, 0.4) is 0 Å². The number of nitrogens with zero attached hydrogens (tertiary/aromatic N) is 1. The zero-order valence-electron chi connectivity index (χ0n) is 9.05. The van der Waals surface area contributed by atoms with Gasteiger partial charge in [-0.25, -0.2) is 4.98 Å². The lowest BCUT2D eigenvalue weighted by Crippen LogP contribution is -1.92. The number of hydrogen-bond acceptors (Lipinski definition) is 2. The lowest BCUT2D eigenvalue weighted by Gasteiger charge is -2.02. The number of aromatic hydroxyl groups is 1. The molecule has 1 N–H and O–H groups in total. The fourth-order valence-corrected chi connectivity index (χ4v) is 1.07. The summed E-state index contributed by atoms with van der Waals surface area (Å²) in [4.78, 5) is 3.95. The van der Waals surface area contributed by atoms with Gasteiger partial charge in [0.05, 0.1) is 0 Å². The van der Waals surface area contributed by atoms with Crippen molar-refractivity contribution in [1.82, 2.24) is 4.98 Å². The first-order valence-corrected chi connectivity index (χ1v) is 4.69. The van der Waals surface area contributed by atoms with E-state index in [4.69, 9.17) is 0 Å². The fourth-order valence-electron chi connectivity index (χ4n) is 1.07. The molecule has 1 aromatic rings. The fraction of sp³-hybridized carbons (Fsp3) is 0.417. The van der Waals surface area contributed by atoms with Gasteiger partial charge in [-0.05, 0) is 19.4 Å². The third kappa shape index (κ3) is 2.50. The van der Waals surface area contributed by atoms with Crippen LogP contribution in [0.15, 0.2) is 6.07 Å². The Morgan fingerprint density at radius 1 is 1.36 bits per heavy atom. The molecule has 0 aromatic carbocycles.